The monoisotopic (exact) mass is 671 g/mol. The molecule has 3 aromatic rings. The van der Waals surface area contributed by atoms with Gasteiger partial charge in [-0.05, 0) is 61.5 Å². The number of aliphatic hydroxyl groups is 1. The van der Waals surface area contributed by atoms with Gasteiger partial charge >= 0.3 is 18.2 Å². The molecule has 5 rings (SSSR count). The summed E-state index contributed by atoms with van der Waals surface area (Å²) in [5.74, 6) is 0.877. The number of benzene rings is 3. The number of fused-ring (bicyclic) bond motifs is 2. The number of hydrogen-bond acceptors (Lipinski definition) is 7. The Labute approximate surface area is 274 Å². The fourth-order valence-corrected chi connectivity index (χ4v) is 5.31. The molecule has 4 N–H and O–H groups in total. The van der Waals surface area contributed by atoms with Crippen LogP contribution >= 0.6 is 0 Å². The Balaban J connectivity index is 1.32. The maximum atomic E-state index is 13.5. The second-order valence-corrected chi connectivity index (χ2v) is 11.7. The molecule has 2 aliphatic heterocycles. The molecule has 12 nitrogen and oxygen atoms in total. The second-order valence-electron chi connectivity index (χ2n) is 11.7. The highest BCUT2D eigenvalue weighted by Crippen LogP contribution is 2.35. The molecule has 0 bridgehead atoms. The van der Waals surface area contributed by atoms with Crippen LogP contribution in [0.15, 0.2) is 60.7 Å². The molecule has 48 heavy (non-hydrogen) atoms. The average Bonchev–Trinajstić information content (AvgIpc) is 3.52. The Morgan fingerprint density at radius 2 is 1.58 bits per heavy atom. The van der Waals surface area contributed by atoms with Gasteiger partial charge in [-0.15, -0.1) is 0 Å². The highest BCUT2D eigenvalue weighted by Gasteiger charge is 2.33. The number of halogens is 3. The first-order chi connectivity index (χ1) is 22.8. The number of likely N-dealkylation sites (N-methyl/N-ethyl adjacent to an activating group) is 1. The smallest absolute Gasteiger partial charge is 0.416 e. The highest BCUT2D eigenvalue weighted by atomic mass is 19.4. The molecule has 0 aromatic heterocycles. The Morgan fingerprint density at radius 1 is 0.958 bits per heavy atom. The molecule has 0 saturated heterocycles. The summed E-state index contributed by atoms with van der Waals surface area (Å²) in [7, 11) is 1.52. The van der Waals surface area contributed by atoms with Crippen LogP contribution in [-0.4, -0.2) is 78.6 Å². The number of nitrogens with zero attached hydrogens (tertiary/aromatic N) is 2. The van der Waals surface area contributed by atoms with Gasteiger partial charge in [0.1, 0.15) is 11.9 Å². The van der Waals surface area contributed by atoms with E-state index >= 15 is 0 Å². The summed E-state index contributed by atoms with van der Waals surface area (Å²) in [6.07, 6.45) is -5.22. The molecule has 0 radical (unpaired) electrons. The van der Waals surface area contributed by atoms with Gasteiger partial charge in [0.2, 0.25) is 12.7 Å². The zero-order chi connectivity index (χ0) is 34.6. The molecule has 2 heterocycles. The second kappa shape index (κ2) is 14.3. The molecule has 5 amide bonds. The quantitative estimate of drug-likeness (QED) is 0.264. The van der Waals surface area contributed by atoms with E-state index in [4.69, 9.17) is 14.2 Å². The molecule has 2 aliphatic rings. The van der Waals surface area contributed by atoms with E-state index in [1.165, 1.54) is 24.1 Å². The summed E-state index contributed by atoms with van der Waals surface area (Å²) in [4.78, 5) is 42.3. The number of rotatable bonds is 7. The van der Waals surface area contributed by atoms with Gasteiger partial charge < -0.3 is 45.1 Å². The fourth-order valence-electron chi connectivity index (χ4n) is 5.31. The van der Waals surface area contributed by atoms with E-state index in [0.29, 0.717) is 34.2 Å². The van der Waals surface area contributed by atoms with E-state index in [2.05, 4.69) is 16.0 Å². The van der Waals surface area contributed by atoms with Gasteiger partial charge in [0, 0.05) is 48.2 Å². The fraction of sp³-hybridized carbons (Fsp3) is 0.364. The van der Waals surface area contributed by atoms with E-state index in [0.717, 1.165) is 12.1 Å². The van der Waals surface area contributed by atoms with Crippen molar-refractivity contribution in [3.63, 3.8) is 0 Å². The number of anilines is 3. The largest absolute Gasteiger partial charge is 0.488 e. The number of amides is 5. The Bertz CT molecular complexity index is 1650. The third kappa shape index (κ3) is 8.20. The lowest BCUT2D eigenvalue weighted by atomic mass is 10.0. The van der Waals surface area contributed by atoms with E-state index in [-0.39, 0.29) is 50.4 Å². The van der Waals surface area contributed by atoms with Gasteiger partial charge in [0.15, 0.2) is 11.5 Å². The zero-order valence-corrected chi connectivity index (χ0v) is 26.5. The minimum absolute atomic E-state index is 0.0561. The molecule has 0 fully saturated rings. The van der Waals surface area contributed by atoms with E-state index < -0.39 is 35.9 Å². The van der Waals surface area contributed by atoms with Crippen molar-refractivity contribution in [1.82, 2.24) is 9.80 Å². The standard InChI is InChI=1S/C33H36F3N5O7/c1-19-15-41(20(2)17-42)30(43)13-21-12-24(37-31(44)38-25-9-11-27-28(14-25)47-18-46-27)8-10-26(21)48-29(19)16-40(3)32(45)39-23-6-4-22(5-7-23)33(34,35)36/h4-12,14,19-20,29,42H,13,15-18H2,1-3H3,(H,39,45)(H2,37,38,44)/t19-,20+,29-/m1/s1. The summed E-state index contributed by atoms with van der Waals surface area (Å²) >= 11 is 0. The van der Waals surface area contributed by atoms with Crippen LogP contribution in [0.25, 0.3) is 0 Å². The van der Waals surface area contributed by atoms with Crippen LogP contribution in [0.5, 0.6) is 17.2 Å². The minimum Gasteiger partial charge on any atom is -0.488 e. The third-order valence-corrected chi connectivity index (χ3v) is 8.07. The molecule has 0 saturated carbocycles. The van der Waals surface area contributed by atoms with Crippen molar-refractivity contribution >= 4 is 35.0 Å². The van der Waals surface area contributed by atoms with Crippen molar-refractivity contribution in [3.05, 3.63) is 71.8 Å². The number of carbonyl (C=O) groups excluding carboxylic acids is 3. The molecule has 15 heteroatoms. The summed E-state index contributed by atoms with van der Waals surface area (Å²) in [5.41, 5.74) is 0.703. The molecule has 256 valence electrons. The van der Waals surface area contributed by atoms with Gasteiger partial charge in [0.05, 0.1) is 31.2 Å². The first-order valence-corrected chi connectivity index (χ1v) is 15.2. The van der Waals surface area contributed by atoms with Crippen LogP contribution in [-0.2, 0) is 17.4 Å². The van der Waals surface area contributed by atoms with Crippen molar-refractivity contribution < 1.29 is 46.9 Å². The molecular formula is C33H36F3N5O7. The number of hydrogen-bond donors (Lipinski definition) is 4. The Kier molecular flexibility index (Phi) is 10.2. The van der Waals surface area contributed by atoms with Crippen LogP contribution in [0, 0.1) is 5.92 Å². The van der Waals surface area contributed by atoms with E-state index in [1.807, 2.05) is 6.92 Å². The molecule has 0 spiro atoms. The van der Waals surface area contributed by atoms with Gasteiger partial charge in [-0.3, -0.25) is 4.79 Å². The van der Waals surface area contributed by atoms with Gasteiger partial charge in [-0.1, -0.05) is 6.92 Å². The minimum atomic E-state index is -4.50. The summed E-state index contributed by atoms with van der Waals surface area (Å²) in [5, 5.41) is 18.0. The molecule has 0 aliphatic carbocycles. The summed E-state index contributed by atoms with van der Waals surface area (Å²) < 4.78 is 55.9. The van der Waals surface area contributed by atoms with Gasteiger partial charge in [-0.2, -0.15) is 13.2 Å². The van der Waals surface area contributed by atoms with E-state index in [1.54, 1.807) is 48.2 Å². The lowest BCUT2D eigenvalue weighted by Gasteiger charge is -2.34. The summed E-state index contributed by atoms with van der Waals surface area (Å²) in [6, 6.07) is 12.4. The van der Waals surface area contributed by atoms with Crippen LogP contribution in [0.4, 0.5) is 39.8 Å². The number of nitrogens with one attached hydrogen (secondary N) is 3. The van der Waals surface area contributed by atoms with Crippen molar-refractivity contribution in [2.24, 2.45) is 5.92 Å². The van der Waals surface area contributed by atoms with Crippen LogP contribution in [0.1, 0.15) is 25.0 Å². The topological polar surface area (TPSA) is 142 Å². The molecular weight excluding hydrogens is 635 g/mol. The Hall–Kier alpha value is -5.18. The van der Waals surface area contributed by atoms with Crippen LogP contribution < -0.4 is 30.2 Å². The first-order valence-electron chi connectivity index (χ1n) is 15.2. The normalized spacial score (nSPS) is 18.0. The number of aliphatic hydroxyl groups excluding tert-OH is 1. The molecule has 0 unspecified atom stereocenters. The number of alkyl halides is 3. The third-order valence-electron chi connectivity index (χ3n) is 8.07. The SMILES string of the molecule is C[C@@H]1CN([C@@H](C)CO)C(=O)Cc2cc(NC(=O)Nc3ccc4c(c3)OCO4)ccc2O[C@@H]1CN(C)C(=O)Nc1ccc(C(F)(F)F)cc1. The van der Waals surface area contributed by atoms with Crippen molar-refractivity contribution in [2.75, 3.05) is 49.5 Å². The first kappa shape index (κ1) is 34.2. The Morgan fingerprint density at radius 3 is 2.25 bits per heavy atom. The highest BCUT2D eigenvalue weighted by molar-refractivity contribution is 6.00. The number of carbonyl (C=O) groups is 3. The van der Waals surface area contributed by atoms with Crippen molar-refractivity contribution in [1.29, 1.82) is 0 Å². The maximum Gasteiger partial charge on any atom is 0.416 e. The summed E-state index contributed by atoms with van der Waals surface area (Å²) in [6.45, 7) is 3.69. The van der Waals surface area contributed by atoms with Crippen molar-refractivity contribution in [2.45, 2.75) is 38.6 Å². The van der Waals surface area contributed by atoms with Crippen molar-refractivity contribution in [3.8, 4) is 17.2 Å². The predicted molar refractivity (Wildman–Crippen MR) is 170 cm³/mol. The van der Waals surface area contributed by atoms with Crippen LogP contribution in [0.2, 0.25) is 0 Å². The molecule has 3 aromatic carbocycles. The van der Waals surface area contributed by atoms with Gasteiger partial charge in [0.25, 0.3) is 0 Å². The predicted octanol–water partition coefficient (Wildman–Crippen LogP) is 5.39. The molecule has 3 atom stereocenters. The maximum absolute atomic E-state index is 13.5. The van der Waals surface area contributed by atoms with Crippen LogP contribution in [0.3, 0.4) is 0 Å². The number of ether oxygens (including phenoxy) is 3. The number of urea groups is 2. The average molecular weight is 672 g/mol. The van der Waals surface area contributed by atoms with Gasteiger partial charge in [-0.25, -0.2) is 9.59 Å². The van der Waals surface area contributed by atoms with E-state index in [9.17, 15) is 32.7 Å². The lowest BCUT2D eigenvalue weighted by Crippen LogP contribution is -2.48. The lowest BCUT2D eigenvalue weighted by molar-refractivity contribution is -0.137. The zero-order valence-electron chi connectivity index (χ0n) is 26.5.